The summed E-state index contributed by atoms with van der Waals surface area (Å²) in [6.45, 7) is 3.87. The summed E-state index contributed by atoms with van der Waals surface area (Å²) in [6, 6.07) is 14.6. The Morgan fingerprint density at radius 3 is 2.77 bits per heavy atom. The third kappa shape index (κ3) is 4.15. The number of benzene rings is 2. The topological polar surface area (TPSA) is 76.5 Å². The summed E-state index contributed by atoms with van der Waals surface area (Å²) in [5.41, 5.74) is 0.346. The van der Waals surface area contributed by atoms with Crippen LogP contribution in [0.4, 0.5) is 11.5 Å². The van der Waals surface area contributed by atoms with E-state index in [-0.39, 0.29) is 18.0 Å². The average Bonchev–Trinajstić information content (AvgIpc) is 2.76. The van der Waals surface area contributed by atoms with Crippen molar-refractivity contribution < 1.29 is 9.53 Å². The fourth-order valence-corrected chi connectivity index (χ4v) is 3.98. The van der Waals surface area contributed by atoms with Crippen molar-refractivity contribution in [2.75, 3.05) is 30.4 Å². The van der Waals surface area contributed by atoms with Crippen LogP contribution in [0.5, 0.6) is 5.75 Å². The fraction of sp³-hybridized carbons (Fsp3) is 0.348. The summed E-state index contributed by atoms with van der Waals surface area (Å²) in [4.78, 5) is 27.9. The fourth-order valence-electron chi connectivity index (χ4n) is 3.98. The van der Waals surface area contributed by atoms with Crippen LogP contribution in [-0.4, -0.2) is 35.9 Å². The lowest BCUT2D eigenvalue weighted by atomic mass is 10.00. The lowest BCUT2D eigenvalue weighted by Gasteiger charge is -2.32. The molecule has 1 amide bonds. The van der Waals surface area contributed by atoms with Gasteiger partial charge in [0, 0.05) is 30.2 Å². The minimum Gasteiger partial charge on any atom is -0.497 e. The lowest BCUT2D eigenvalue weighted by molar-refractivity contribution is -0.117. The number of aromatic nitrogens is 2. The molecule has 30 heavy (non-hydrogen) atoms. The van der Waals surface area contributed by atoms with Gasteiger partial charge in [0.15, 0.2) is 5.82 Å². The molecule has 1 saturated heterocycles. The van der Waals surface area contributed by atoms with Gasteiger partial charge in [0.2, 0.25) is 5.91 Å². The van der Waals surface area contributed by atoms with Gasteiger partial charge in [-0.2, -0.15) is 5.10 Å². The monoisotopic (exact) mass is 406 g/mol. The molecule has 0 saturated carbocycles. The standard InChI is InChI=1S/C23H26N4O3/c1-16-7-6-12-26(14-16)22-19-10-3-4-11-20(19)23(29)27(25-22)15-21(28)24-17-8-5-9-18(13-17)30-2/h3-5,8-11,13,16H,6-7,12,14-15H2,1-2H3,(H,24,28)/t16-/m0/s1. The van der Waals surface area contributed by atoms with Gasteiger partial charge in [-0.15, -0.1) is 0 Å². The van der Waals surface area contributed by atoms with Gasteiger partial charge in [-0.05, 0) is 37.0 Å². The van der Waals surface area contributed by atoms with E-state index >= 15 is 0 Å². The number of anilines is 2. The van der Waals surface area contributed by atoms with Crippen molar-refractivity contribution in [2.45, 2.75) is 26.3 Å². The zero-order valence-corrected chi connectivity index (χ0v) is 17.3. The summed E-state index contributed by atoms with van der Waals surface area (Å²) in [5, 5.41) is 8.85. The van der Waals surface area contributed by atoms with Crippen LogP contribution in [0.1, 0.15) is 19.8 Å². The Kier molecular flexibility index (Phi) is 5.70. The Morgan fingerprint density at radius 1 is 1.20 bits per heavy atom. The van der Waals surface area contributed by atoms with E-state index in [2.05, 4.69) is 22.2 Å². The van der Waals surface area contributed by atoms with E-state index in [0.29, 0.717) is 22.7 Å². The minimum absolute atomic E-state index is 0.155. The molecular formula is C23H26N4O3. The number of hydrogen-bond acceptors (Lipinski definition) is 5. The highest BCUT2D eigenvalue weighted by Crippen LogP contribution is 2.26. The maximum atomic E-state index is 13.0. The van der Waals surface area contributed by atoms with E-state index < -0.39 is 0 Å². The van der Waals surface area contributed by atoms with Gasteiger partial charge in [-0.25, -0.2) is 4.68 Å². The van der Waals surface area contributed by atoms with Crippen molar-refractivity contribution in [3.63, 3.8) is 0 Å². The van der Waals surface area contributed by atoms with Crippen LogP contribution in [0.25, 0.3) is 10.8 Å². The van der Waals surface area contributed by atoms with Gasteiger partial charge < -0.3 is 15.0 Å². The summed E-state index contributed by atoms with van der Waals surface area (Å²) in [7, 11) is 1.57. The van der Waals surface area contributed by atoms with Crippen LogP contribution >= 0.6 is 0 Å². The molecule has 2 heterocycles. The molecule has 4 rings (SSSR count). The molecule has 1 N–H and O–H groups in total. The Labute approximate surface area is 175 Å². The average molecular weight is 406 g/mol. The predicted octanol–water partition coefficient (Wildman–Crippen LogP) is 3.28. The molecule has 1 aromatic heterocycles. The summed E-state index contributed by atoms with van der Waals surface area (Å²) in [5.74, 6) is 1.67. The van der Waals surface area contributed by atoms with Crippen molar-refractivity contribution in [2.24, 2.45) is 5.92 Å². The van der Waals surface area contributed by atoms with E-state index in [1.165, 1.54) is 11.1 Å². The van der Waals surface area contributed by atoms with Crippen molar-refractivity contribution in [1.82, 2.24) is 9.78 Å². The molecule has 1 aliphatic rings. The first-order valence-electron chi connectivity index (χ1n) is 10.2. The number of nitrogens with zero attached hydrogens (tertiary/aromatic N) is 3. The van der Waals surface area contributed by atoms with E-state index in [1.54, 1.807) is 37.4 Å². The number of hydrogen-bond donors (Lipinski definition) is 1. The quantitative estimate of drug-likeness (QED) is 0.704. The van der Waals surface area contributed by atoms with Crippen LogP contribution in [0.15, 0.2) is 53.3 Å². The highest BCUT2D eigenvalue weighted by molar-refractivity contribution is 5.93. The predicted molar refractivity (Wildman–Crippen MR) is 118 cm³/mol. The number of ether oxygens (including phenoxy) is 1. The molecule has 7 heteroatoms. The van der Waals surface area contributed by atoms with Crippen LogP contribution in [0, 0.1) is 5.92 Å². The smallest absolute Gasteiger partial charge is 0.275 e. The third-order valence-electron chi connectivity index (χ3n) is 5.45. The third-order valence-corrected chi connectivity index (χ3v) is 5.45. The normalized spacial score (nSPS) is 16.5. The molecule has 2 aromatic carbocycles. The molecule has 0 aliphatic carbocycles. The van der Waals surface area contributed by atoms with Crippen molar-refractivity contribution in [3.8, 4) is 5.75 Å². The number of carbonyl (C=O) groups excluding carboxylic acids is 1. The molecule has 7 nitrogen and oxygen atoms in total. The SMILES string of the molecule is COc1cccc(NC(=O)Cn2nc(N3CCC[C@H](C)C3)c3ccccc3c2=O)c1. The number of fused-ring (bicyclic) bond motifs is 1. The number of rotatable bonds is 5. The Hall–Kier alpha value is -3.35. The molecule has 0 bridgehead atoms. The zero-order chi connectivity index (χ0) is 21.1. The summed E-state index contributed by atoms with van der Waals surface area (Å²) in [6.07, 6.45) is 2.28. The van der Waals surface area contributed by atoms with Crippen molar-refractivity contribution >= 4 is 28.2 Å². The highest BCUT2D eigenvalue weighted by atomic mass is 16.5. The molecule has 0 spiro atoms. The lowest BCUT2D eigenvalue weighted by Crippen LogP contribution is -2.38. The van der Waals surface area contributed by atoms with E-state index in [1.807, 2.05) is 18.2 Å². The van der Waals surface area contributed by atoms with Crippen molar-refractivity contribution in [1.29, 1.82) is 0 Å². The van der Waals surface area contributed by atoms with Gasteiger partial charge >= 0.3 is 0 Å². The Bertz CT molecular complexity index is 1120. The van der Waals surface area contributed by atoms with Gasteiger partial charge in [0.1, 0.15) is 12.3 Å². The molecule has 1 atom stereocenters. The van der Waals surface area contributed by atoms with Crippen LogP contribution in [0.2, 0.25) is 0 Å². The van der Waals surface area contributed by atoms with E-state index in [9.17, 15) is 9.59 Å². The number of amides is 1. The van der Waals surface area contributed by atoms with E-state index in [4.69, 9.17) is 4.74 Å². The largest absolute Gasteiger partial charge is 0.497 e. The first kappa shape index (κ1) is 19.9. The van der Waals surface area contributed by atoms with Crippen LogP contribution < -0.4 is 20.5 Å². The van der Waals surface area contributed by atoms with Crippen LogP contribution in [-0.2, 0) is 11.3 Å². The Morgan fingerprint density at radius 2 is 2.00 bits per heavy atom. The van der Waals surface area contributed by atoms with Gasteiger partial charge in [-0.1, -0.05) is 31.2 Å². The number of methoxy groups -OCH3 is 1. The molecular weight excluding hydrogens is 380 g/mol. The maximum absolute atomic E-state index is 13.0. The molecule has 0 unspecified atom stereocenters. The minimum atomic E-state index is -0.314. The number of nitrogens with one attached hydrogen (secondary N) is 1. The van der Waals surface area contributed by atoms with Gasteiger partial charge in [0.05, 0.1) is 12.5 Å². The summed E-state index contributed by atoms with van der Waals surface area (Å²) >= 11 is 0. The molecule has 1 fully saturated rings. The van der Waals surface area contributed by atoms with Gasteiger partial charge in [-0.3, -0.25) is 9.59 Å². The zero-order valence-electron chi connectivity index (χ0n) is 17.3. The Balaban J connectivity index is 1.65. The van der Waals surface area contributed by atoms with E-state index in [0.717, 1.165) is 30.7 Å². The molecule has 156 valence electrons. The molecule has 1 aliphatic heterocycles. The molecule has 3 aromatic rings. The van der Waals surface area contributed by atoms with Gasteiger partial charge in [0.25, 0.3) is 5.56 Å². The maximum Gasteiger partial charge on any atom is 0.275 e. The van der Waals surface area contributed by atoms with Crippen molar-refractivity contribution in [3.05, 3.63) is 58.9 Å². The second-order valence-corrected chi connectivity index (χ2v) is 7.81. The number of carbonyl (C=O) groups is 1. The first-order valence-corrected chi connectivity index (χ1v) is 10.2. The molecule has 0 radical (unpaired) electrons. The number of piperidine rings is 1. The second-order valence-electron chi connectivity index (χ2n) is 7.81. The first-order chi connectivity index (χ1) is 14.5. The summed E-state index contributed by atoms with van der Waals surface area (Å²) < 4.78 is 6.46. The second kappa shape index (κ2) is 8.57. The van der Waals surface area contributed by atoms with Crippen LogP contribution in [0.3, 0.4) is 0 Å². The highest BCUT2D eigenvalue weighted by Gasteiger charge is 2.22.